The maximum atomic E-state index is 11.6. The summed E-state index contributed by atoms with van der Waals surface area (Å²) in [5, 5.41) is 11.2. The van der Waals surface area contributed by atoms with Gasteiger partial charge in [-0.2, -0.15) is 0 Å². The Morgan fingerprint density at radius 1 is 1.14 bits per heavy atom. The standard InChI is InChI=1S/C15H21NO5/c1-20-12-7-4-5-8-13(12)21-11-14(17)16-10-6-2-3-9-15(18)19/h4-5,7-8H,2-3,6,9-11H2,1H3,(H,16,17)(H,18,19). The van der Waals surface area contributed by atoms with Crippen LogP contribution in [-0.2, 0) is 9.59 Å². The van der Waals surface area contributed by atoms with E-state index in [1.807, 2.05) is 6.07 Å². The molecule has 0 spiro atoms. The van der Waals surface area contributed by atoms with Crippen LogP contribution >= 0.6 is 0 Å². The number of para-hydroxylation sites is 2. The van der Waals surface area contributed by atoms with Crippen LogP contribution in [0.25, 0.3) is 0 Å². The van der Waals surface area contributed by atoms with Gasteiger partial charge in [0.25, 0.3) is 5.91 Å². The zero-order valence-electron chi connectivity index (χ0n) is 12.1. The van der Waals surface area contributed by atoms with Gasteiger partial charge in [0.15, 0.2) is 18.1 Å². The summed E-state index contributed by atoms with van der Waals surface area (Å²) >= 11 is 0. The molecule has 0 unspecified atom stereocenters. The van der Waals surface area contributed by atoms with Crippen LogP contribution in [0.1, 0.15) is 25.7 Å². The first-order valence-corrected chi connectivity index (χ1v) is 6.88. The number of carbonyl (C=O) groups excluding carboxylic acids is 1. The van der Waals surface area contributed by atoms with Crippen molar-refractivity contribution < 1.29 is 24.2 Å². The van der Waals surface area contributed by atoms with Gasteiger partial charge in [0, 0.05) is 13.0 Å². The van der Waals surface area contributed by atoms with E-state index >= 15 is 0 Å². The number of ether oxygens (including phenoxy) is 2. The first kappa shape index (κ1) is 16.8. The Balaban J connectivity index is 2.15. The van der Waals surface area contributed by atoms with Crippen LogP contribution in [0.3, 0.4) is 0 Å². The molecular formula is C15H21NO5. The zero-order chi connectivity index (χ0) is 15.5. The SMILES string of the molecule is COc1ccccc1OCC(=O)NCCCCCC(=O)O. The Hall–Kier alpha value is -2.24. The van der Waals surface area contributed by atoms with Crippen molar-refractivity contribution in [3.63, 3.8) is 0 Å². The van der Waals surface area contributed by atoms with E-state index in [2.05, 4.69) is 5.32 Å². The van der Waals surface area contributed by atoms with E-state index in [1.165, 1.54) is 0 Å². The summed E-state index contributed by atoms with van der Waals surface area (Å²) in [6.07, 6.45) is 2.33. The molecule has 0 fully saturated rings. The summed E-state index contributed by atoms with van der Waals surface area (Å²) < 4.78 is 10.5. The van der Waals surface area contributed by atoms with E-state index in [4.69, 9.17) is 14.6 Å². The van der Waals surface area contributed by atoms with E-state index in [1.54, 1.807) is 25.3 Å². The third kappa shape index (κ3) is 7.20. The van der Waals surface area contributed by atoms with Crippen LogP contribution in [0.5, 0.6) is 11.5 Å². The van der Waals surface area contributed by atoms with Gasteiger partial charge in [-0.1, -0.05) is 18.6 Å². The van der Waals surface area contributed by atoms with Crippen molar-refractivity contribution in [2.45, 2.75) is 25.7 Å². The molecule has 0 saturated heterocycles. The second-order valence-corrected chi connectivity index (χ2v) is 4.49. The fourth-order valence-electron chi connectivity index (χ4n) is 1.74. The number of hydrogen-bond donors (Lipinski definition) is 2. The molecular weight excluding hydrogens is 274 g/mol. The summed E-state index contributed by atoms with van der Waals surface area (Å²) in [4.78, 5) is 21.9. The van der Waals surface area contributed by atoms with Gasteiger partial charge >= 0.3 is 5.97 Å². The summed E-state index contributed by atoms with van der Waals surface area (Å²) in [6.45, 7) is 0.448. The summed E-state index contributed by atoms with van der Waals surface area (Å²) in [5.41, 5.74) is 0. The normalized spacial score (nSPS) is 9.95. The van der Waals surface area contributed by atoms with Crippen LogP contribution in [-0.4, -0.2) is 37.2 Å². The molecule has 1 aromatic rings. The lowest BCUT2D eigenvalue weighted by molar-refractivity contribution is -0.137. The largest absolute Gasteiger partial charge is 0.493 e. The molecule has 0 aromatic heterocycles. The third-order valence-corrected chi connectivity index (χ3v) is 2.82. The number of amides is 1. The van der Waals surface area contributed by atoms with Crippen molar-refractivity contribution in [3.05, 3.63) is 24.3 Å². The molecule has 0 aliphatic rings. The average Bonchev–Trinajstić information content (AvgIpc) is 2.48. The third-order valence-electron chi connectivity index (χ3n) is 2.82. The quantitative estimate of drug-likeness (QED) is 0.643. The maximum absolute atomic E-state index is 11.6. The van der Waals surface area contributed by atoms with Crippen LogP contribution in [0.15, 0.2) is 24.3 Å². The average molecular weight is 295 g/mol. The number of aliphatic carboxylic acids is 1. The molecule has 1 aromatic carbocycles. The molecule has 0 saturated carbocycles. The smallest absolute Gasteiger partial charge is 0.303 e. The first-order chi connectivity index (χ1) is 10.1. The van der Waals surface area contributed by atoms with Gasteiger partial charge in [0.05, 0.1) is 7.11 Å². The van der Waals surface area contributed by atoms with Crippen LogP contribution < -0.4 is 14.8 Å². The molecule has 21 heavy (non-hydrogen) atoms. The number of unbranched alkanes of at least 4 members (excludes halogenated alkanes) is 2. The second kappa shape index (κ2) is 9.63. The van der Waals surface area contributed by atoms with Gasteiger partial charge in [-0.3, -0.25) is 9.59 Å². The zero-order valence-corrected chi connectivity index (χ0v) is 12.1. The number of nitrogens with one attached hydrogen (secondary N) is 1. The van der Waals surface area contributed by atoms with Crippen molar-refractivity contribution >= 4 is 11.9 Å². The predicted octanol–water partition coefficient (Wildman–Crippen LogP) is 1.84. The number of benzene rings is 1. The monoisotopic (exact) mass is 295 g/mol. The van der Waals surface area contributed by atoms with Crippen LogP contribution in [0, 0.1) is 0 Å². The minimum absolute atomic E-state index is 0.0739. The molecule has 2 N–H and O–H groups in total. The lowest BCUT2D eigenvalue weighted by Crippen LogP contribution is -2.29. The summed E-state index contributed by atoms with van der Waals surface area (Å²) in [6, 6.07) is 7.12. The highest BCUT2D eigenvalue weighted by Gasteiger charge is 2.06. The Kier molecular flexibility index (Phi) is 7.71. The Morgan fingerprint density at radius 2 is 1.86 bits per heavy atom. The number of methoxy groups -OCH3 is 1. The number of carboxylic acids is 1. The van der Waals surface area contributed by atoms with Gasteiger partial charge in [-0.15, -0.1) is 0 Å². The Morgan fingerprint density at radius 3 is 2.52 bits per heavy atom. The lowest BCUT2D eigenvalue weighted by Gasteiger charge is -2.10. The van der Waals surface area contributed by atoms with Crippen LogP contribution in [0.2, 0.25) is 0 Å². The van der Waals surface area contributed by atoms with Gasteiger partial charge in [0.2, 0.25) is 0 Å². The second-order valence-electron chi connectivity index (χ2n) is 4.49. The number of rotatable bonds is 10. The van der Waals surface area contributed by atoms with E-state index in [9.17, 15) is 9.59 Å². The minimum atomic E-state index is -0.788. The van der Waals surface area contributed by atoms with Crippen molar-refractivity contribution in [2.24, 2.45) is 0 Å². The fourth-order valence-corrected chi connectivity index (χ4v) is 1.74. The van der Waals surface area contributed by atoms with Crippen LogP contribution in [0.4, 0.5) is 0 Å². The Bertz CT molecular complexity index is 461. The fraction of sp³-hybridized carbons (Fsp3) is 0.467. The molecule has 6 nitrogen and oxygen atoms in total. The predicted molar refractivity (Wildman–Crippen MR) is 77.6 cm³/mol. The number of carbonyl (C=O) groups is 2. The maximum Gasteiger partial charge on any atom is 0.303 e. The van der Waals surface area contributed by atoms with Crippen molar-refractivity contribution in [1.82, 2.24) is 5.32 Å². The lowest BCUT2D eigenvalue weighted by atomic mass is 10.2. The number of hydrogen-bond acceptors (Lipinski definition) is 4. The first-order valence-electron chi connectivity index (χ1n) is 6.88. The molecule has 116 valence electrons. The highest BCUT2D eigenvalue weighted by atomic mass is 16.5. The molecule has 0 radical (unpaired) electrons. The molecule has 0 bridgehead atoms. The molecule has 1 rings (SSSR count). The van der Waals surface area contributed by atoms with E-state index in [0.29, 0.717) is 24.5 Å². The number of carboxylic acid groups (broad SMARTS) is 1. The highest BCUT2D eigenvalue weighted by molar-refractivity contribution is 5.77. The van der Waals surface area contributed by atoms with Gasteiger partial charge < -0.3 is 19.9 Å². The molecule has 0 aliphatic carbocycles. The van der Waals surface area contributed by atoms with Gasteiger partial charge in [-0.05, 0) is 25.0 Å². The minimum Gasteiger partial charge on any atom is -0.493 e. The summed E-state index contributed by atoms with van der Waals surface area (Å²) in [7, 11) is 1.54. The van der Waals surface area contributed by atoms with Crippen molar-refractivity contribution in [2.75, 3.05) is 20.3 Å². The van der Waals surface area contributed by atoms with Crippen molar-refractivity contribution in [1.29, 1.82) is 0 Å². The molecule has 0 heterocycles. The topological polar surface area (TPSA) is 84.9 Å². The highest BCUT2D eigenvalue weighted by Crippen LogP contribution is 2.25. The van der Waals surface area contributed by atoms with E-state index in [0.717, 1.165) is 12.8 Å². The van der Waals surface area contributed by atoms with Gasteiger partial charge in [-0.25, -0.2) is 0 Å². The Labute approximate surface area is 124 Å². The molecule has 0 atom stereocenters. The van der Waals surface area contributed by atoms with E-state index in [-0.39, 0.29) is 18.9 Å². The molecule has 0 aliphatic heterocycles. The van der Waals surface area contributed by atoms with E-state index < -0.39 is 5.97 Å². The van der Waals surface area contributed by atoms with Gasteiger partial charge in [0.1, 0.15) is 0 Å². The summed E-state index contributed by atoms with van der Waals surface area (Å²) in [5.74, 6) is 0.110. The molecule has 6 heteroatoms. The van der Waals surface area contributed by atoms with Crippen molar-refractivity contribution in [3.8, 4) is 11.5 Å². The molecule has 1 amide bonds.